The number of hydrogen-bond acceptors (Lipinski definition) is 3. The molecule has 0 aliphatic carbocycles. The number of hydrogen-bond donors (Lipinski definition) is 0. The normalized spacial score (nSPS) is 16.6. The summed E-state index contributed by atoms with van der Waals surface area (Å²) in [5, 5.41) is 2.11. The van der Waals surface area contributed by atoms with Crippen LogP contribution in [0, 0.1) is 0 Å². The van der Waals surface area contributed by atoms with Crippen LogP contribution >= 0.6 is 11.3 Å². The van der Waals surface area contributed by atoms with Crippen molar-refractivity contribution in [2.45, 2.75) is 13.0 Å². The number of ether oxygens (including phenoxy) is 1. The fraction of sp³-hybridized carbons (Fsp3) is 0.235. The van der Waals surface area contributed by atoms with E-state index >= 15 is 0 Å². The van der Waals surface area contributed by atoms with Gasteiger partial charge < -0.3 is 9.64 Å². The number of carbonyl (C=O) groups is 1. The molecule has 0 unspecified atom stereocenters. The van der Waals surface area contributed by atoms with Crippen molar-refractivity contribution in [3.63, 3.8) is 0 Å². The smallest absolute Gasteiger partial charge is 0.253 e. The van der Waals surface area contributed by atoms with Gasteiger partial charge in [0.25, 0.3) is 5.91 Å². The first-order valence-corrected chi connectivity index (χ1v) is 7.96. The van der Waals surface area contributed by atoms with Gasteiger partial charge in [-0.05, 0) is 35.6 Å². The van der Waals surface area contributed by atoms with E-state index < -0.39 is 0 Å². The van der Waals surface area contributed by atoms with E-state index in [1.807, 2.05) is 35.2 Å². The Hall–Kier alpha value is -2.07. The Morgan fingerprint density at radius 3 is 3.10 bits per heavy atom. The Morgan fingerprint density at radius 1 is 1.24 bits per heavy atom. The molecule has 1 aromatic carbocycles. The number of fused-ring (bicyclic) bond motifs is 2. The number of amides is 1. The van der Waals surface area contributed by atoms with Crippen molar-refractivity contribution in [1.29, 1.82) is 0 Å². The van der Waals surface area contributed by atoms with E-state index in [-0.39, 0.29) is 5.91 Å². The van der Waals surface area contributed by atoms with Gasteiger partial charge in [-0.2, -0.15) is 0 Å². The summed E-state index contributed by atoms with van der Waals surface area (Å²) in [6.07, 6.45) is 2.92. The Balaban J connectivity index is 1.58. The van der Waals surface area contributed by atoms with Gasteiger partial charge in [-0.1, -0.05) is 18.2 Å². The molecule has 2 aromatic rings. The van der Waals surface area contributed by atoms with Crippen LogP contribution < -0.4 is 4.74 Å². The second-order valence-electron chi connectivity index (χ2n) is 5.34. The van der Waals surface area contributed by atoms with Crippen molar-refractivity contribution in [1.82, 2.24) is 4.90 Å². The Morgan fingerprint density at radius 2 is 2.14 bits per heavy atom. The number of carbonyl (C=O) groups excluding carboxylic acids is 1. The summed E-state index contributed by atoms with van der Waals surface area (Å²) in [7, 11) is 0. The summed E-state index contributed by atoms with van der Waals surface area (Å²) in [4.78, 5) is 16.0. The first-order valence-electron chi connectivity index (χ1n) is 7.08. The van der Waals surface area contributed by atoms with Crippen LogP contribution in [0.25, 0.3) is 6.08 Å². The summed E-state index contributed by atoms with van der Waals surface area (Å²) >= 11 is 1.79. The molecule has 0 N–H and O–H groups in total. The highest BCUT2D eigenvalue weighted by Crippen LogP contribution is 2.29. The highest BCUT2D eigenvalue weighted by atomic mass is 32.1. The van der Waals surface area contributed by atoms with Crippen molar-refractivity contribution < 1.29 is 9.53 Å². The minimum Gasteiger partial charge on any atom is -0.488 e. The zero-order chi connectivity index (χ0) is 14.2. The lowest BCUT2D eigenvalue weighted by atomic mass is 10.0. The zero-order valence-corrected chi connectivity index (χ0v) is 12.4. The van der Waals surface area contributed by atoms with Crippen LogP contribution in [-0.4, -0.2) is 24.0 Å². The standard InChI is InChI=1S/C17H15NO2S/c19-17(18-7-5-16-13(10-18)6-8-21-16)14-9-12-3-1-2-4-15(12)20-11-14/h1-4,6,8-9H,5,7,10-11H2. The summed E-state index contributed by atoms with van der Waals surface area (Å²) in [5.74, 6) is 0.953. The van der Waals surface area contributed by atoms with Gasteiger partial charge in [0, 0.05) is 23.5 Å². The quantitative estimate of drug-likeness (QED) is 0.809. The van der Waals surface area contributed by atoms with Gasteiger partial charge in [-0.15, -0.1) is 11.3 Å². The van der Waals surface area contributed by atoms with E-state index in [1.54, 1.807) is 11.3 Å². The topological polar surface area (TPSA) is 29.5 Å². The van der Waals surface area contributed by atoms with Gasteiger partial charge in [0.15, 0.2) is 0 Å². The molecule has 4 heteroatoms. The Labute approximate surface area is 127 Å². The lowest BCUT2D eigenvalue weighted by molar-refractivity contribution is -0.128. The van der Waals surface area contributed by atoms with Gasteiger partial charge in [-0.3, -0.25) is 4.79 Å². The second kappa shape index (κ2) is 5.04. The van der Waals surface area contributed by atoms with Crippen LogP contribution in [0.5, 0.6) is 5.75 Å². The lowest BCUT2D eigenvalue weighted by Crippen LogP contribution is -2.37. The molecule has 2 aliphatic rings. The first kappa shape index (κ1) is 12.7. The average Bonchev–Trinajstić information content (AvgIpc) is 3.01. The van der Waals surface area contributed by atoms with Crippen molar-refractivity contribution >= 4 is 23.3 Å². The van der Waals surface area contributed by atoms with Gasteiger partial charge in [0.05, 0.1) is 5.57 Å². The van der Waals surface area contributed by atoms with Crippen LogP contribution in [0.15, 0.2) is 41.3 Å². The maximum atomic E-state index is 12.7. The van der Waals surface area contributed by atoms with E-state index in [4.69, 9.17) is 4.74 Å². The molecule has 1 amide bonds. The fourth-order valence-corrected chi connectivity index (χ4v) is 3.75. The third-order valence-electron chi connectivity index (χ3n) is 4.00. The van der Waals surface area contributed by atoms with Gasteiger partial charge in [-0.25, -0.2) is 0 Å². The number of thiophene rings is 1. The maximum absolute atomic E-state index is 12.7. The summed E-state index contributed by atoms with van der Waals surface area (Å²) in [5.41, 5.74) is 3.02. The fourth-order valence-electron chi connectivity index (χ4n) is 2.86. The second-order valence-corrected chi connectivity index (χ2v) is 6.34. The van der Waals surface area contributed by atoms with Crippen molar-refractivity contribution in [2.24, 2.45) is 0 Å². The van der Waals surface area contributed by atoms with Gasteiger partial charge >= 0.3 is 0 Å². The molecular weight excluding hydrogens is 282 g/mol. The molecular formula is C17H15NO2S. The summed E-state index contributed by atoms with van der Waals surface area (Å²) < 4.78 is 5.69. The predicted molar refractivity (Wildman–Crippen MR) is 83.4 cm³/mol. The molecule has 106 valence electrons. The van der Waals surface area contributed by atoms with E-state index in [1.165, 1.54) is 10.4 Å². The largest absolute Gasteiger partial charge is 0.488 e. The summed E-state index contributed by atoms with van der Waals surface area (Å²) in [6.45, 7) is 1.88. The monoisotopic (exact) mass is 297 g/mol. The predicted octanol–water partition coefficient (Wildman–Crippen LogP) is 3.11. The highest BCUT2D eigenvalue weighted by Gasteiger charge is 2.25. The zero-order valence-electron chi connectivity index (χ0n) is 11.5. The molecule has 0 atom stereocenters. The van der Waals surface area contributed by atoms with E-state index in [2.05, 4.69) is 11.4 Å². The maximum Gasteiger partial charge on any atom is 0.253 e. The van der Waals surface area contributed by atoms with E-state index in [0.29, 0.717) is 6.61 Å². The number of benzene rings is 1. The molecule has 3 nitrogen and oxygen atoms in total. The number of nitrogens with zero attached hydrogens (tertiary/aromatic N) is 1. The molecule has 3 heterocycles. The molecule has 0 bridgehead atoms. The van der Waals surface area contributed by atoms with Crippen LogP contribution in [0.3, 0.4) is 0 Å². The molecule has 0 fully saturated rings. The van der Waals surface area contributed by atoms with E-state index in [0.717, 1.165) is 36.4 Å². The van der Waals surface area contributed by atoms with Crippen molar-refractivity contribution in [2.75, 3.05) is 13.2 Å². The minimum absolute atomic E-state index is 0.0985. The molecule has 0 saturated carbocycles. The van der Waals surface area contributed by atoms with Gasteiger partial charge in [0.1, 0.15) is 12.4 Å². The molecule has 1 aromatic heterocycles. The first-order chi connectivity index (χ1) is 10.3. The molecule has 0 spiro atoms. The lowest BCUT2D eigenvalue weighted by Gasteiger charge is -2.29. The highest BCUT2D eigenvalue weighted by molar-refractivity contribution is 7.10. The molecule has 21 heavy (non-hydrogen) atoms. The van der Waals surface area contributed by atoms with Crippen molar-refractivity contribution in [3.8, 4) is 5.75 Å². The van der Waals surface area contributed by atoms with Crippen molar-refractivity contribution in [3.05, 3.63) is 57.3 Å². The van der Waals surface area contributed by atoms with Gasteiger partial charge in [0.2, 0.25) is 0 Å². The van der Waals surface area contributed by atoms with Crippen LogP contribution in [0.2, 0.25) is 0 Å². The van der Waals surface area contributed by atoms with Crippen LogP contribution in [-0.2, 0) is 17.8 Å². The third kappa shape index (κ3) is 2.25. The van der Waals surface area contributed by atoms with Crippen LogP contribution in [0.4, 0.5) is 0 Å². The Bertz CT molecular complexity index is 732. The molecule has 0 saturated heterocycles. The minimum atomic E-state index is 0.0985. The van der Waals surface area contributed by atoms with E-state index in [9.17, 15) is 4.79 Å². The van der Waals surface area contributed by atoms with Crippen LogP contribution in [0.1, 0.15) is 16.0 Å². The third-order valence-corrected chi connectivity index (χ3v) is 5.02. The average molecular weight is 297 g/mol. The molecule has 0 radical (unpaired) electrons. The molecule has 2 aliphatic heterocycles. The SMILES string of the molecule is O=C(C1=Cc2ccccc2OC1)N1CCc2sccc2C1. The number of rotatable bonds is 1. The Kier molecular flexibility index (Phi) is 3.04. The number of para-hydroxylation sites is 1. The molecule has 4 rings (SSSR count). The summed E-state index contributed by atoms with van der Waals surface area (Å²) in [6, 6.07) is 9.95.